The molecule has 10 heavy (non-hydrogen) atoms. The Kier molecular flexibility index (Phi) is 5.91. The highest BCUT2D eigenvalue weighted by molar-refractivity contribution is 4.88. The zero-order valence-electron chi connectivity index (χ0n) is 6.56. The molecule has 0 saturated heterocycles. The fraction of sp³-hybridized carbons (Fsp3) is 0.556. The molecule has 0 fully saturated rings. The fourth-order valence-electron chi connectivity index (χ4n) is 0.681. The first kappa shape index (κ1) is 9.26. The number of hydrogen-bond donors (Lipinski definition) is 1. The van der Waals surface area contributed by atoms with Gasteiger partial charge in [0.2, 0.25) is 0 Å². The van der Waals surface area contributed by atoms with E-state index in [0.29, 0.717) is 6.04 Å². The Labute approximate surface area is 63.5 Å². The van der Waals surface area contributed by atoms with Gasteiger partial charge in [-0.1, -0.05) is 6.08 Å². The molecular weight excluding hydrogens is 122 g/mol. The van der Waals surface area contributed by atoms with Crippen molar-refractivity contribution in [3.8, 4) is 12.3 Å². The van der Waals surface area contributed by atoms with E-state index in [9.17, 15) is 0 Å². The van der Waals surface area contributed by atoms with Crippen molar-refractivity contribution in [2.24, 2.45) is 0 Å². The maximum atomic E-state index is 5.12. The Hall–Kier alpha value is -0.740. The topological polar surface area (TPSA) is 12.0 Å². The zero-order valence-corrected chi connectivity index (χ0v) is 6.56. The van der Waals surface area contributed by atoms with E-state index in [1.54, 1.807) is 0 Å². The van der Waals surface area contributed by atoms with Crippen LogP contribution in [0.25, 0.3) is 0 Å². The minimum atomic E-state index is 0.435. The summed E-state index contributed by atoms with van der Waals surface area (Å²) in [5.41, 5.74) is 0. The molecule has 0 heterocycles. The van der Waals surface area contributed by atoms with Crippen LogP contribution in [0.3, 0.4) is 0 Å². The van der Waals surface area contributed by atoms with Gasteiger partial charge in [0, 0.05) is 12.5 Å². The molecule has 0 spiro atoms. The van der Waals surface area contributed by atoms with E-state index in [0.717, 1.165) is 19.4 Å². The first-order valence-electron chi connectivity index (χ1n) is 3.59. The lowest BCUT2D eigenvalue weighted by Gasteiger charge is -2.08. The average Bonchev–Trinajstić information content (AvgIpc) is 1.89. The predicted octanol–water partition coefficient (Wildman–Crippen LogP) is 1.56. The molecule has 1 heteroatoms. The Morgan fingerprint density at radius 3 is 3.00 bits per heavy atom. The van der Waals surface area contributed by atoms with Crippen molar-refractivity contribution in [2.75, 3.05) is 6.54 Å². The van der Waals surface area contributed by atoms with Gasteiger partial charge in [0.25, 0.3) is 0 Å². The van der Waals surface area contributed by atoms with Crippen molar-refractivity contribution in [3.63, 3.8) is 0 Å². The lowest BCUT2D eigenvalue weighted by Crippen LogP contribution is -2.26. The van der Waals surface area contributed by atoms with Crippen LogP contribution >= 0.6 is 0 Å². The van der Waals surface area contributed by atoms with Gasteiger partial charge < -0.3 is 5.32 Å². The molecule has 0 rings (SSSR count). The van der Waals surface area contributed by atoms with Crippen molar-refractivity contribution >= 4 is 0 Å². The molecule has 56 valence electrons. The molecule has 0 aliphatic carbocycles. The molecule has 0 saturated carbocycles. The normalized spacial score (nSPS) is 12.0. The monoisotopic (exact) mass is 137 g/mol. The third kappa shape index (κ3) is 5.40. The Morgan fingerprint density at radius 2 is 2.50 bits per heavy atom. The molecule has 0 bridgehead atoms. The van der Waals surface area contributed by atoms with Crippen LogP contribution in [0.4, 0.5) is 0 Å². The van der Waals surface area contributed by atoms with Crippen molar-refractivity contribution in [2.45, 2.75) is 25.8 Å². The average molecular weight is 137 g/mol. The minimum Gasteiger partial charge on any atom is -0.313 e. The van der Waals surface area contributed by atoms with Gasteiger partial charge in [-0.25, -0.2) is 0 Å². The standard InChI is InChI=1S/C9H15N/c1-4-6-8-10-9(3)7-5-2/h2,4,9-10H,1,6-8H2,3H3. The van der Waals surface area contributed by atoms with E-state index in [1.807, 2.05) is 6.08 Å². The van der Waals surface area contributed by atoms with E-state index in [1.165, 1.54) is 0 Å². The molecule has 0 aromatic rings. The summed E-state index contributed by atoms with van der Waals surface area (Å²) in [7, 11) is 0. The van der Waals surface area contributed by atoms with Crippen molar-refractivity contribution in [1.82, 2.24) is 5.32 Å². The van der Waals surface area contributed by atoms with Crippen LogP contribution in [0.2, 0.25) is 0 Å². The zero-order chi connectivity index (χ0) is 7.82. The molecule has 1 unspecified atom stereocenters. The maximum Gasteiger partial charge on any atom is 0.0238 e. The van der Waals surface area contributed by atoms with Crippen LogP contribution in [0, 0.1) is 12.3 Å². The minimum absolute atomic E-state index is 0.435. The Morgan fingerprint density at radius 1 is 1.80 bits per heavy atom. The van der Waals surface area contributed by atoms with Gasteiger partial charge in [-0.3, -0.25) is 0 Å². The largest absolute Gasteiger partial charge is 0.313 e. The number of rotatable bonds is 5. The van der Waals surface area contributed by atoms with E-state index in [-0.39, 0.29) is 0 Å². The van der Waals surface area contributed by atoms with E-state index in [4.69, 9.17) is 6.42 Å². The van der Waals surface area contributed by atoms with Gasteiger partial charge >= 0.3 is 0 Å². The van der Waals surface area contributed by atoms with Gasteiger partial charge in [0.05, 0.1) is 0 Å². The summed E-state index contributed by atoms with van der Waals surface area (Å²) in [4.78, 5) is 0. The highest BCUT2D eigenvalue weighted by Gasteiger charge is 1.94. The smallest absolute Gasteiger partial charge is 0.0238 e. The highest BCUT2D eigenvalue weighted by Crippen LogP contribution is 1.87. The van der Waals surface area contributed by atoms with Crippen molar-refractivity contribution in [3.05, 3.63) is 12.7 Å². The SMILES string of the molecule is C#CCC(C)NCCC=C. The van der Waals surface area contributed by atoms with Crippen LogP contribution in [-0.2, 0) is 0 Å². The van der Waals surface area contributed by atoms with Gasteiger partial charge in [0.15, 0.2) is 0 Å². The van der Waals surface area contributed by atoms with Gasteiger partial charge in [-0.2, -0.15) is 0 Å². The second-order valence-electron chi connectivity index (χ2n) is 2.34. The number of terminal acetylenes is 1. The first-order chi connectivity index (χ1) is 4.81. The van der Waals surface area contributed by atoms with Crippen molar-refractivity contribution < 1.29 is 0 Å². The Bertz CT molecular complexity index is 121. The Balaban J connectivity index is 3.14. The van der Waals surface area contributed by atoms with E-state index >= 15 is 0 Å². The van der Waals surface area contributed by atoms with Gasteiger partial charge in [0.1, 0.15) is 0 Å². The third-order valence-corrected chi connectivity index (χ3v) is 1.27. The van der Waals surface area contributed by atoms with Crippen LogP contribution in [0.15, 0.2) is 12.7 Å². The molecule has 1 atom stereocenters. The number of nitrogens with one attached hydrogen (secondary N) is 1. The van der Waals surface area contributed by atoms with E-state index < -0.39 is 0 Å². The molecule has 0 aliphatic rings. The fourth-order valence-corrected chi connectivity index (χ4v) is 0.681. The molecule has 0 aromatic carbocycles. The van der Waals surface area contributed by atoms with Crippen LogP contribution < -0.4 is 5.32 Å². The summed E-state index contributed by atoms with van der Waals surface area (Å²) < 4.78 is 0. The molecule has 1 nitrogen and oxygen atoms in total. The summed E-state index contributed by atoms with van der Waals surface area (Å²) in [5, 5.41) is 3.27. The third-order valence-electron chi connectivity index (χ3n) is 1.27. The summed E-state index contributed by atoms with van der Waals surface area (Å²) in [6.07, 6.45) is 8.83. The second kappa shape index (κ2) is 6.38. The first-order valence-corrected chi connectivity index (χ1v) is 3.59. The lowest BCUT2D eigenvalue weighted by molar-refractivity contribution is 0.566. The summed E-state index contributed by atoms with van der Waals surface area (Å²) in [6, 6.07) is 0.435. The second-order valence-corrected chi connectivity index (χ2v) is 2.34. The molecule has 1 N–H and O–H groups in total. The van der Waals surface area contributed by atoms with Gasteiger partial charge in [-0.15, -0.1) is 18.9 Å². The molecule has 0 aliphatic heterocycles. The van der Waals surface area contributed by atoms with Crippen LogP contribution in [0.5, 0.6) is 0 Å². The van der Waals surface area contributed by atoms with E-state index in [2.05, 4.69) is 24.7 Å². The van der Waals surface area contributed by atoms with Crippen molar-refractivity contribution in [1.29, 1.82) is 0 Å². The highest BCUT2D eigenvalue weighted by atomic mass is 14.9. The molecule has 0 amide bonds. The van der Waals surface area contributed by atoms with Gasteiger partial charge in [-0.05, 0) is 19.9 Å². The van der Waals surface area contributed by atoms with Crippen LogP contribution in [0.1, 0.15) is 19.8 Å². The number of hydrogen-bond acceptors (Lipinski definition) is 1. The predicted molar refractivity (Wildman–Crippen MR) is 45.7 cm³/mol. The molecular formula is C9H15N. The maximum absolute atomic E-state index is 5.12. The quantitative estimate of drug-likeness (QED) is 0.344. The summed E-state index contributed by atoms with van der Waals surface area (Å²) in [6.45, 7) is 6.69. The molecule has 0 radical (unpaired) electrons. The summed E-state index contributed by atoms with van der Waals surface area (Å²) in [5.74, 6) is 2.61. The molecule has 0 aromatic heterocycles. The summed E-state index contributed by atoms with van der Waals surface area (Å²) >= 11 is 0. The van der Waals surface area contributed by atoms with Crippen LogP contribution in [-0.4, -0.2) is 12.6 Å². The lowest BCUT2D eigenvalue weighted by atomic mass is 10.2.